The summed E-state index contributed by atoms with van der Waals surface area (Å²) in [7, 11) is 0. The molecule has 0 spiro atoms. The quantitative estimate of drug-likeness (QED) is 0.604. The molecule has 162 valence electrons. The Bertz CT molecular complexity index is 761. The smallest absolute Gasteiger partial charge is 0.119 e. The molecule has 2 fully saturated rings. The summed E-state index contributed by atoms with van der Waals surface area (Å²) < 4.78 is 6.09. The van der Waals surface area contributed by atoms with Crippen LogP contribution in [0.15, 0.2) is 54.6 Å². The maximum Gasteiger partial charge on any atom is 0.119 e. The molecule has 0 aromatic heterocycles. The number of benzene rings is 2. The number of nitrogens with zero attached hydrogens (tertiary/aromatic N) is 2. The Balaban J connectivity index is 1.29. The normalized spacial score (nSPS) is 21.6. The van der Waals surface area contributed by atoms with Crippen LogP contribution in [-0.2, 0) is 0 Å². The monoisotopic (exact) mass is 408 g/mol. The molecule has 2 saturated heterocycles. The number of hydrogen-bond acceptors (Lipinski definition) is 4. The van der Waals surface area contributed by atoms with Gasteiger partial charge in [0.1, 0.15) is 5.75 Å². The second-order valence-corrected chi connectivity index (χ2v) is 8.76. The Morgan fingerprint density at radius 1 is 0.933 bits per heavy atom. The molecule has 2 unspecified atom stereocenters. The Kier molecular flexibility index (Phi) is 7.79. The van der Waals surface area contributed by atoms with Crippen LogP contribution in [0.25, 0.3) is 0 Å². The molecular formula is C26H36N2O2. The fraction of sp³-hybridized carbons (Fsp3) is 0.538. The van der Waals surface area contributed by atoms with Crippen LogP contribution in [0.3, 0.4) is 0 Å². The van der Waals surface area contributed by atoms with Gasteiger partial charge in [-0.15, -0.1) is 0 Å². The fourth-order valence-corrected chi connectivity index (χ4v) is 4.90. The number of aliphatic hydroxyl groups is 1. The van der Waals surface area contributed by atoms with Crippen molar-refractivity contribution in [1.29, 1.82) is 0 Å². The van der Waals surface area contributed by atoms with Crippen molar-refractivity contribution in [2.75, 3.05) is 39.3 Å². The number of piperidine rings is 1. The second kappa shape index (κ2) is 10.9. The fourth-order valence-electron chi connectivity index (χ4n) is 4.90. The third kappa shape index (κ3) is 5.84. The minimum Gasteiger partial charge on any atom is -0.494 e. The average Bonchev–Trinajstić information content (AvgIpc) is 3.26. The van der Waals surface area contributed by atoms with Crippen LogP contribution in [-0.4, -0.2) is 54.2 Å². The van der Waals surface area contributed by atoms with Crippen molar-refractivity contribution in [2.45, 2.75) is 50.7 Å². The first kappa shape index (κ1) is 21.4. The van der Waals surface area contributed by atoms with Gasteiger partial charge in [-0.2, -0.15) is 0 Å². The Morgan fingerprint density at radius 2 is 1.77 bits per heavy atom. The van der Waals surface area contributed by atoms with E-state index in [4.69, 9.17) is 4.74 Å². The van der Waals surface area contributed by atoms with Crippen molar-refractivity contribution in [1.82, 2.24) is 9.80 Å². The van der Waals surface area contributed by atoms with E-state index >= 15 is 0 Å². The van der Waals surface area contributed by atoms with Gasteiger partial charge in [0.15, 0.2) is 0 Å². The van der Waals surface area contributed by atoms with E-state index in [1.54, 1.807) is 0 Å². The zero-order valence-corrected chi connectivity index (χ0v) is 18.1. The molecule has 30 heavy (non-hydrogen) atoms. The average molecular weight is 409 g/mol. The Labute approximate surface area is 181 Å². The lowest BCUT2D eigenvalue weighted by Gasteiger charge is -2.27. The molecule has 2 atom stereocenters. The summed E-state index contributed by atoms with van der Waals surface area (Å²) in [6, 6.07) is 19.0. The molecule has 2 aromatic rings. The maximum absolute atomic E-state index is 10.7. The van der Waals surface area contributed by atoms with Gasteiger partial charge < -0.3 is 14.7 Å². The third-order valence-electron chi connectivity index (χ3n) is 6.53. The standard InChI is InChI=1S/C26H36N2O2/c29-26(22-10-3-1-4-11-22)21-28-18-8-14-25(28)23-12-7-13-24(20-23)30-19-9-17-27-15-5-2-6-16-27/h1,3-4,7,10-13,20,25-26,29H,2,5-6,8-9,14-19,21H2. The highest BCUT2D eigenvalue weighted by Gasteiger charge is 2.28. The third-order valence-corrected chi connectivity index (χ3v) is 6.53. The summed E-state index contributed by atoms with van der Waals surface area (Å²) in [5.74, 6) is 0.974. The van der Waals surface area contributed by atoms with Gasteiger partial charge in [-0.1, -0.05) is 48.9 Å². The highest BCUT2D eigenvalue weighted by Crippen LogP contribution is 2.34. The summed E-state index contributed by atoms with van der Waals surface area (Å²) in [4.78, 5) is 4.99. The number of β-amino-alcohol motifs (C(OH)–C–C–N with tert-alkyl or cyclic N) is 1. The molecule has 0 saturated carbocycles. The Morgan fingerprint density at radius 3 is 2.60 bits per heavy atom. The highest BCUT2D eigenvalue weighted by molar-refractivity contribution is 5.31. The molecule has 2 aromatic carbocycles. The topological polar surface area (TPSA) is 35.9 Å². The number of aliphatic hydroxyl groups excluding tert-OH is 1. The predicted molar refractivity (Wildman–Crippen MR) is 122 cm³/mol. The molecular weight excluding hydrogens is 372 g/mol. The van der Waals surface area contributed by atoms with Crippen LogP contribution in [0.1, 0.15) is 61.8 Å². The molecule has 4 heteroatoms. The number of hydrogen-bond donors (Lipinski definition) is 1. The molecule has 2 aliphatic heterocycles. The lowest BCUT2D eigenvalue weighted by molar-refractivity contribution is 0.106. The van der Waals surface area contributed by atoms with Gasteiger partial charge in [0.2, 0.25) is 0 Å². The molecule has 2 aliphatic rings. The summed E-state index contributed by atoms with van der Waals surface area (Å²) >= 11 is 0. The maximum atomic E-state index is 10.7. The van der Waals surface area contributed by atoms with Crippen LogP contribution in [0.2, 0.25) is 0 Å². The zero-order valence-electron chi connectivity index (χ0n) is 18.1. The first-order chi connectivity index (χ1) is 14.8. The minimum absolute atomic E-state index is 0.361. The van der Waals surface area contributed by atoms with Gasteiger partial charge in [-0.25, -0.2) is 0 Å². The summed E-state index contributed by atoms with van der Waals surface area (Å²) in [6.45, 7) is 6.14. The first-order valence-corrected chi connectivity index (χ1v) is 11.7. The van der Waals surface area contributed by atoms with E-state index in [9.17, 15) is 5.11 Å². The highest BCUT2D eigenvalue weighted by atomic mass is 16.5. The van der Waals surface area contributed by atoms with Gasteiger partial charge in [-0.05, 0) is 75.0 Å². The van der Waals surface area contributed by atoms with Crippen molar-refractivity contribution in [3.8, 4) is 5.75 Å². The van der Waals surface area contributed by atoms with Gasteiger partial charge >= 0.3 is 0 Å². The van der Waals surface area contributed by atoms with Crippen LogP contribution in [0, 0.1) is 0 Å². The lowest BCUT2D eigenvalue weighted by atomic mass is 10.0. The molecule has 1 N–H and O–H groups in total. The van der Waals surface area contributed by atoms with Crippen LogP contribution < -0.4 is 4.74 Å². The van der Waals surface area contributed by atoms with Crippen molar-refractivity contribution < 1.29 is 9.84 Å². The van der Waals surface area contributed by atoms with E-state index in [0.717, 1.165) is 43.9 Å². The molecule has 2 heterocycles. The number of ether oxygens (including phenoxy) is 1. The largest absolute Gasteiger partial charge is 0.494 e. The molecule has 0 aliphatic carbocycles. The second-order valence-electron chi connectivity index (χ2n) is 8.76. The molecule has 0 radical (unpaired) electrons. The molecule has 0 amide bonds. The minimum atomic E-state index is -0.444. The summed E-state index contributed by atoms with van der Waals surface area (Å²) in [5.41, 5.74) is 2.30. The summed E-state index contributed by atoms with van der Waals surface area (Å²) in [6.07, 6.45) is 7.04. The van der Waals surface area contributed by atoms with E-state index in [1.165, 1.54) is 44.3 Å². The molecule has 0 bridgehead atoms. The van der Waals surface area contributed by atoms with E-state index in [1.807, 2.05) is 30.3 Å². The van der Waals surface area contributed by atoms with E-state index in [-0.39, 0.29) is 0 Å². The van der Waals surface area contributed by atoms with Gasteiger partial charge in [0.25, 0.3) is 0 Å². The van der Waals surface area contributed by atoms with Gasteiger partial charge in [-0.3, -0.25) is 4.90 Å². The van der Waals surface area contributed by atoms with Crippen molar-refractivity contribution in [3.05, 3.63) is 65.7 Å². The first-order valence-electron chi connectivity index (χ1n) is 11.7. The molecule has 4 rings (SSSR count). The van der Waals surface area contributed by atoms with Gasteiger partial charge in [0, 0.05) is 19.1 Å². The van der Waals surface area contributed by atoms with Crippen molar-refractivity contribution in [2.24, 2.45) is 0 Å². The Hall–Kier alpha value is -1.88. The number of rotatable bonds is 9. The SMILES string of the molecule is OC(CN1CCCC1c1cccc(OCCCN2CCCCC2)c1)c1ccccc1. The predicted octanol–water partition coefficient (Wildman–Crippen LogP) is 4.81. The van der Waals surface area contributed by atoms with E-state index in [0.29, 0.717) is 12.6 Å². The van der Waals surface area contributed by atoms with E-state index < -0.39 is 6.10 Å². The van der Waals surface area contributed by atoms with E-state index in [2.05, 4.69) is 34.1 Å². The van der Waals surface area contributed by atoms with Crippen molar-refractivity contribution >= 4 is 0 Å². The zero-order chi connectivity index (χ0) is 20.6. The number of likely N-dealkylation sites (tertiary alicyclic amines) is 2. The summed E-state index contributed by atoms with van der Waals surface area (Å²) in [5, 5.41) is 10.7. The van der Waals surface area contributed by atoms with Crippen LogP contribution >= 0.6 is 0 Å². The lowest BCUT2D eigenvalue weighted by Crippen LogP contribution is -2.31. The van der Waals surface area contributed by atoms with Crippen molar-refractivity contribution in [3.63, 3.8) is 0 Å². The van der Waals surface area contributed by atoms with Gasteiger partial charge in [0.05, 0.1) is 12.7 Å². The van der Waals surface area contributed by atoms with Crippen LogP contribution in [0.4, 0.5) is 0 Å². The molecule has 4 nitrogen and oxygen atoms in total. The van der Waals surface area contributed by atoms with Crippen LogP contribution in [0.5, 0.6) is 5.75 Å².